The summed E-state index contributed by atoms with van der Waals surface area (Å²) >= 11 is 0. The molecule has 1 nitrogen and oxygen atoms in total. The summed E-state index contributed by atoms with van der Waals surface area (Å²) in [5.74, 6) is 0. The van der Waals surface area contributed by atoms with Crippen LogP contribution in [0.25, 0.3) is 5.57 Å². The summed E-state index contributed by atoms with van der Waals surface area (Å²) in [5.41, 5.74) is 4.72. The molecule has 0 atom stereocenters. The molecule has 0 saturated carbocycles. The first-order valence-corrected chi connectivity index (χ1v) is 4.34. The van der Waals surface area contributed by atoms with Crippen molar-refractivity contribution in [3.8, 4) is 0 Å². The number of hydrogen-bond acceptors (Lipinski definition) is 1. The van der Waals surface area contributed by atoms with Gasteiger partial charge in [-0.3, -0.25) is 4.99 Å². The van der Waals surface area contributed by atoms with Gasteiger partial charge in [0, 0.05) is 13.3 Å². The van der Waals surface area contributed by atoms with Gasteiger partial charge < -0.3 is 0 Å². The Morgan fingerprint density at radius 1 is 1.46 bits per heavy atom. The molecule has 0 heterocycles. The molecule has 0 saturated heterocycles. The number of aliphatic imine (C=N–C) groups is 1. The third-order valence-electron chi connectivity index (χ3n) is 2.03. The Balaban J connectivity index is 3.12. The van der Waals surface area contributed by atoms with Gasteiger partial charge in [-0.05, 0) is 30.5 Å². The van der Waals surface area contributed by atoms with Crippen molar-refractivity contribution in [3.05, 3.63) is 41.5 Å². The van der Waals surface area contributed by atoms with Crippen LogP contribution in [0.15, 0.2) is 29.8 Å². The van der Waals surface area contributed by atoms with Gasteiger partial charge in [0.2, 0.25) is 0 Å². The summed E-state index contributed by atoms with van der Waals surface area (Å²) in [6.07, 6.45) is 1.87. The lowest BCUT2D eigenvalue weighted by Gasteiger charge is -2.04. The summed E-state index contributed by atoms with van der Waals surface area (Å²) in [5, 5.41) is 0. The van der Waals surface area contributed by atoms with E-state index < -0.39 is 0 Å². The minimum atomic E-state index is 1.10. The second-order valence-corrected chi connectivity index (χ2v) is 3.24. The number of allylic oxidation sites excluding steroid dienone is 1. The van der Waals surface area contributed by atoms with Gasteiger partial charge in [-0.1, -0.05) is 30.4 Å². The molecule has 1 rings (SSSR count). The van der Waals surface area contributed by atoms with E-state index in [4.69, 9.17) is 0 Å². The predicted molar refractivity (Wildman–Crippen MR) is 59.4 cm³/mol. The van der Waals surface area contributed by atoms with E-state index in [1.165, 1.54) is 16.7 Å². The maximum Gasteiger partial charge on any atom is 0.0284 e. The maximum atomic E-state index is 3.99. The molecular weight excluding hydrogens is 158 g/mol. The fourth-order valence-corrected chi connectivity index (χ4v) is 1.23. The molecule has 0 aromatic heterocycles. The standard InChI is InChI=1S/C12H15N/c1-9(2)11-5-6-12(8-13-4)10(3)7-11/h5-8H,1H2,2-4H3. The third kappa shape index (κ3) is 2.28. The third-order valence-corrected chi connectivity index (χ3v) is 2.03. The molecule has 1 heteroatoms. The first kappa shape index (κ1) is 9.72. The van der Waals surface area contributed by atoms with E-state index in [1.807, 2.05) is 13.1 Å². The van der Waals surface area contributed by atoms with Crippen molar-refractivity contribution >= 4 is 11.8 Å². The Kier molecular flexibility index (Phi) is 3.02. The highest BCUT2D eigenvalue weighted by Gasteiger charge is 1.97. The fraction of sp³-hybridized carbons (Fsp3) is 0.250. The maximum absolute atomic E-state index is 3.99. The van der Waals surface area contributed by atoms with Crippen LogP contribution < -0.4 is 0 Å². The highest BCUT2D eigenvalue weighted by atomic mass is 14.6. The lowest BCUT2D eigenvalue weighted by Crippen LogP contribution is -1.88. The van der Waals surface area contributed by atoms with Crippen LogP contribution >= 0.6 is 0 Å². The van der Waals surface area contributed by atoms with Crippen LogP contribution in [0.5, 0.6) is 0 Å². The van der Waals surface area contributed by atoms with Gasteiger partial charge in [0.15, 0.2) is 0 Å². The molecule has 0 fully saturated rings. The SMILES string of the molecule is C=C(C)c1ccc(C=NC)c(C)c1. The largest absolute Gasteiger partial charge is 0.296 e. The van der Waals surface area contributed by atoms with Crippen molar-refractivity contribution in [2.24, 2.45) is 4.99 Å². The van der Waals surface area contributed by atoms with E-state index in [-0.39, 0.29) is 0 Å². The number of rotatable bonds is 2. The monoisotopic (exact) mass is 173 g/mol. The highest BCUT2D eigenvalue weighted by molar-refractivity contribution is 5.82. The van der Waals surface area contributed by atoms with Gasteiger partial charge in [0.25, 0.3) is 0 Å². The predicted octanol–water partition coefficient (Wildman–Crippen LogP) is 3.08. The van der Waals surface area contributed by atoms with E-state index >= 15 is 0 Å². The summed E-state index contributed by atoms with van der Waals surface area (Å²) in [7, 11) is 1.78. The van der Waals surface area contributed by atoms with Gasteiger partial charge in [-0.2, -0.15) is 0 Å². The van der Waals surface area contributed by atoms with Gasteiger partial charge in [-0.15, -0.1) is 0 Å². The molecule has 68 valence electrons. The van der Waals surface area contributed by atoms with Crippen molar-refractivity contribution in [3.63, 3.8) is 0 Å². The van der Waals surface area contributed by atoms with Crippen LogP contribution in [-0.4, -0.2) is 13.3 Å². The second-order valence-electron chi connectivity index (χ2n) is 3.24. The van der Waals surface area contributed by atoms with E-state index in [0.29, 0.717) is 0 Å². The molecule has 0 aliphatic carbocycles. The molecule has 0 N–H and O–H groups in total. The average Bonchev–Trinajstić information content (AvgIpc) is 2.08. The second kappa shape index (κ2) is 4.04. The Bertz CT molecular complexity index is 348. The molecule has 0 aliphatic rings. The number of benzene rings is 1. The van der Waals surface area contributed by atoms with Crippen LogP contribution in [0.1, 0.15) is 23.6 Å². The minimum Gasteiger partial charge on any atom is -0.296 e. The lowest BCUT2D eigenvalue weighted by atomic mass is 10.0. The molecule has 0 bridgehead atoms. The Morgan fingerprint density at radius 2 is 2.15 bits per heavy atom. The van der Waals surface area contributed by atoms with Crippen molar-refractivity contribution in [2.75, 3.05) is 7.05 Å². The molecule has 0 aliphatic heterocycles. The average molecular weight is 173 g/mol. The zero-order valence-corrected chi connectivity index (χ0v) is 8.46. The van der Waals surface area contributed by atoms with Gasteiger partial charge in [-0.25, -0.2) is 0 Å². The Morgan fingerprint density at radius 3 is 2.62 bits per heavy atom. The van der Waals surface area contributed by atoms with Crippen molar-refractivity contribution in [2.45, 2.75) is 13.8 Å². The van der Waals surface area contributed by atoms with Crippen LogP contribution in [0.2, 0.25) is 0 Å². The molecule has 0 spiro atoms. The summed E-state index contributed by atoms with van der Waals surface area (Å²) in [6.45, 7) is 8.01. The molecule has 0 amide bonds. The number of hydrogen-bond donors (Lipinski definition) is 0. The van der Waals surface area contributed by atoms with Gasteiger partial charge in [0.1, 0.15) is 0 Å². The first-order valence-electron chi connectivity index (χ1n) is 4.34. The van der Waals surface area contributed by atoms with Crippen molar-refractivity contribution < 1.29 is 0 Å². The molecular formula is C12H15N. The van der Waals surface area contributed by atoms with E-state index in [0.717, 1.165) is 5.57 Å². The highest BCUT2D eigenvalue weighted by Crippen LogP contribution is 2.15. The van der Waals surface area contributed by atoms with Crippen molar-refractivity contribution in [1.29, 1.82) is 0 Å². The number of nitrogens with zero attached hydrogens (tertiary/aromatic N) is 1. The fourth-order valence-electron chi connectivity index (χ4n) is 1.23. The minimum absolute atomic E-state index is 1.10. The van der Waals surface area contributed by atoms with E-state index in [1.54, 1.807) is 7.05 Å². The van der Waals surface area contributed by atoms with E-state index in [9.17, 15) is 0 Å². The zero-order valence-electron chi connectivity index (χ0n) is 8.46. The molecule has 1 aromatic carbocycles. The zero-order chi connectivity index (χ0) is 9.84. The Hall–Kier alpha value is -1.37. The molecule has 13 heavy (non-hydrogen) atoms. The molecule has 0 unspecified atom stereocenters. The van der Waals surface area contributed by atoms with Crippen LogP contribution in [0, 0.1) is 6.92 Å². The topological polar surface area (TPSA) is 12.4 Å². The summed E-state index contributed by atoms with van der Waals surface area (Å²) < 4.78 is 0. The van der Waals surface area contributed by atoms with Gasteiger partial charge in [0.05, 0.1) is 0 Å². The normalized spacial score (nSPS) is 10.7. The van der Waals surface area contributed by atoms with Crippen LogP contribution in [0.3, 0.4) is 0 Å². The quantitative estimate of drug-likeness (QED) is 0.609. The van der Waals surface area contributed by atoms with Crippen LogP contribution in [0.4, 0.5) is 0 Å². The van der Waals surface area contributed by atoms with Crippen molar-refractivity contribution in [1.82, 2.24) is 0 Å². The lowest BCUT2D eigenvalue weighted by molar-refractivity contribution is 1.40. The molecule has 0 radical (unpaired) electrons. The van der Waals surface area contributed by atoms with Crippen LogP contribution in [-0.2, 0) is 0 Å². The van der Waals surface area contributed by atoms with Gasteiger partial charge >= 0.3 is 0 Å². The van der Waals surface area contributed by atoms with E-state index in [2.05, 4.69) is 36.7 Å². The first-order chi connectivity index (χ1) is 6.15. The summed E-state index contributed by atoms with van der Waals surface area (Å²) in [4.78, 5) is 3.99. The molecule has 1 aromatic rings. The smallest absolute Gasteiger partial charge is 0.0284 e. The Labute approximate surface area is 79.8 Å². The summed E-state index contributed by atoms with van der Waals surface area (Å²) in [6, 6.07) is 6.29. The number of aryl methyl sites for hydroxylation is 1.